The molecule has 2 aliphatic rings. The van der Waals surface area contributed by atoms with Crippen molar-refractivity contribution in [2.24, 2.45) is 0 Å². The molecule has 2 atom stereocenters. The van der Waals surface area contributed by atoms with E-state index in [1.165, 1.54) is 49.0 Å². The van der Waals surface area contributed by atoms with Gasteiger partial charge >= 0.3 is 17.1 Å². The second-order valence-corrected chi connectivity index (χ2v) is 15.7. The van der Waals surface area contributed by atoms with Gasteiger partial charge in [-0.15, -0.1) is 17.7 Å². The Hall–Kier alpha value is -3.27. The zero-order valence-electron chi connectivity index (χ0n) is 25.3. The van der Waals surface area contributed by atoms with E-state index in [1.54, 1.807) is 0 Å². The molecule has 3 heteroatoms. The van der Waals surface area contributed by atoms with Gasteiger partial charge in [0.25, 0.3) is 0 Å². The van der Waals surface area contributed by atoms with Crippen LogP contribution in [0.2, 0.25) is 0 Å². The molecule has 0 nitrogen and oxygen atoms in total. The number of hydrogen-bond acceptors (Lipinski definition) is 0. The van der Waals surface area contributed by atoms with E-state index in [2.05, 4.69) is 179 Å². The Bertz CT molecular complexity index is 1610. The van der Waals surface area contributed by atoms with Crippen molar-refractivity contribution in [3.05, 3.63) is 172 Å². The maximum atomic E-state index is 3.77. The summed E-state index contributed by atoms with van der Waals surface area (Å²) in [6, 6.07) is 36.5. The molecule has 0 amide bonds. The zero-order chi connectivity index (χ0) is 29.5. The van der Waals surface area contributed by atoms with Gasteiger partial charge in [-0.3, -0.25) is 11.5 Å². The van der Waals surface area contributed by atoms with Crippen LogP contribution in [-0.4, -0.2) is 11.3 Å². The summed E-state index contributed by atoms with van der Waals surface area (Å²) in [7, 11) is -1.19. The van der Waals surface area contributed by atoms with E-state index < -0.39 is 15.8 Å². The number of allylic oxidation sites excluding steroid dienone is 3. The second kappa shape index (κ2) is 15.5. The van der Waals surface area contributed by atoms with Crippen molar-refractivity contribution < 1.29 is 17.1 Å². The zero-order valence-corrected chi connectivity index (χ0v) is 28.2. The minimum atomic E-state index is -0.606. The molecule has 43 heavy (non-hydrogen) atoms. The van der Waals surface area contributed by atoms with E-state index in [0.717, 1.165) is 0 Å². The Balaban J connectivity index is 0.000000641. The Labute approximate surface area is 271 Å². The molecule has 0 heterocycles. The molecule has 0 fully saturated rings. The standard InChI is InChI=1S/C35H35P2.C5.Fe/c1-25-19-26(2)22-32(21-25)36(33-23-27(3)20-28(4)24-33)29(5)34-17-12-18-35(34)37(30-13-8-6-9-14-30)31-15-10-7-11-16-31;1-2-4-5-3-1;/h6-16,18-24,29,35H,1-5H3;;/q2*-1;+2/t29-,35?;;/m1../s1. The van der Waals surface area contributed by atoms with Gasteiger partial charge in [0.15, 0.2) is 0 Å². The van der Waals surface area contributed by atoms with Crippen LogP contribution in [0.25, 0.3) is 0 Å². The van der Waals surface area contributed by atoms with Gasteiger partial charge in [-0.1, -0.05) is 134 Å². The number of aryl methyl sites for hydroxylation is 4. The molecule has 2 aliphatic carbocycles. The third-order valence-corrected chi connectivity index (χ3v) is 12.7. The van der Waals surface area contributed by atoms with Crippen LogP contribution in [0.5, 0.6) is 0 Å². The van der Waals surface area contributed by atoms with Crippen LogP contribution in [0.1, 0.15) is 29.2 Å². The first-order valence-electron chi connectivity index (χ1n) is 14.3. The second-order valence-electron chi connectivity index (χ2n) is 10.8. The number of rotatable bonds is 7. The molecule has 1 radical (unpaired) electrons. The average Bonchev–Trinajstić information content (AvgIpc) is 3.70. The maximum Gasteiger partial charge on any atom is 2.00 e. The van der Waals surface area contributed by atoms with E-state index in [9.17, 15) is 0 Å². The fourth-order valence-electron chi connectivity index (χ4n) is 5.74. The van der Waals surface area contributed by atoms with Gasteiger partial charge in [0.1, 0.15) is 0 Å². The largest absolute Gasteiger partial charge is 2.00 e. The van der Waals surface area contributed by atoms with Crippen molar-refractivity contribution in [3.63, 3.8) is 0 Å². The number of benzene rings is 4. The Morgan fingerprint density at radius 1 is 0.674 bits per heavy atom. The topological polar surface area (TPSA) is 0 Å². The normalized spacial score (nSPS) is 14.8. The van der Waals surface area contributed by atoms with Crippen LogP contribution in [-0.2, 0) is 17.1 Å². The summed E-state index contributed by atoms with van der Waals surface area (Å²) in [4.78, 5) is 0. The quantitative estimate of drug-likeness (QED) is 0.0834. The van der Waals surface area contributed by atoms with E-state index in [-0.39, 0.29) is 17.1 Å². The van der Waals surface area contributed by atoms with Gasteiger partial charge in [-0.2, -0.15) is 0 Å². The van der Waals surface area contributed by atoms with Gasteiger partial charge in [0.05, 0.1) is 0 Å². The molecule has 0 bridgehead atoms. The van der Waals surface area contributed by atoms with E-state index in [1.807, 2.05) is 0 Å². The molecule has 0 saturated heterocycles. The molecule has 0 aromatic heterocycles. The molecule has 0 saturated carbocycles. The predicted octanol–water partition coefficient (Wildman–Crippen LogP) is 8.17. The van der Waals surface area contributed by atoms with Gasteiger partial charge in [-0.05, 0) is 68.2 Å². The van der Waals surface area contributed by atoms with Crippen LogP contribution in [0.3, 0.4) is 0 Å². The first kappa shape index (κ1) is 32.6. The van der Waals surface area contributed by atoms with Gasteiger partial charge < -0.3 is 5.73 Å². The minimum Gasteiger partial charge on any atom is -0.350 e. The predicted molar refractivity (Wildman–Crippen MR) is 183 cm³/mol. The Morgan fingerprint density at radius 2 is 1.16 bits per heavy atom. The molecule has 0 spiro atoms. The third kappa shape index (κ3) is 8.22. The van der Waals surface area contributed by atoms with Gasteiger partial charge in [0, 0.05) is 0 Å². The average molecular weight is 634 g/mol. The van der Waals surface area contributed by atoms with Crippen LogP contribution < -0.4 is 21.2 Å². The maximum absolute atomic E-state index is 3.77. The Kier molecular flexibility index (Phi) is 11.7. The first-order chi connectivity index (χ1) is 20.4. The molecular formula is C40H35FeP2. The summed E-state index contributed by atoms with van der Waals surface area (Å²) in [6.45, 7) is 11.4. The molecule has 4 aromatic carbocycles. The molecule has 6 rings (SSSR count). The van der Waals surface area contributed by atoms with Crippen molar-refractivity contribution in [1.29, 1.82) is 0 Å². The summed E-state index contributed by atoms with van der Waals surface area (Å²) >= 11 is 0. The van der Waals surface area contributed by atoms with Crippen LogP contribution in [0.15, 0.2) is 132 Å². The van der Waals surface area contributed by atoms with Crippen LogP contribution in [0, 0.1) is 46.3 Å². The Morgan fingerprint density at radius 3 is 1.56 bits per heavy atom. The molecular weight excluding hydrogens is 598 g/mol. The smallest absolute Gasteiger partial charge is 0.350 e. The fraction of sp³-hybridized carbons (Fsp3) is 0.175. The van der Waals surface area contributed by atoms with Gasteiger partial charge in [-0.25, -0.2) is 18.2 Å². The van der Waals surface area contributed by atoms with E-state index >= 15 is 0 Å². The molecule has 0 aliphatic heterocycles. The molecule has 1 unspecified atom stereocenters. The molecule has 4 aromatic rings. The fourth-order valence-corrected chi connectivity index (χ4v) is 11.7. The summed E-state index contributed by atoms with van der Waals surface area (Å²) in [5, 5.41) is 5.78. The van der Waals surface area contributed by atoms with Crippen molar-refractivity contribution in [3.8, 4) is 0 Å². The summed E-state index contributed by atoms with van der Waals surface area (Å²) < 4.78 is 0. The molecule has 213 valence electrons. The summed E-state index contributed by atoms with van der Waals surface area (Å²) in [6.07, 6.45) is 9.60. The monoisotopic (exact) mass is 633 g/mol. The third-order valence-electron chi connectivity index (χ3n) is 7.31. The van der Waals surface area contributed by atoms with Crippen LogP contribution in [0.4, 0.5) is 0 Å². The van der Waals surface area contributed by atoms with Crippen molar-refractivity contribution >= 4 is 37.1 Å². The minimum absolute atomic E-state index is 0. The van der Waals surface area contributed by atoms with Crippen molar-refractivity contribution in [2.45, 2.75) is 45.9 Å². The van der Waals surface area contributed by atoms with Crippen molar-refractivity contribution in [1.82, 2.24) is 0 Å². The number of hydrogen-bond donors (Lipinski definition) is 0. The van der Waals surface area contributed by atoms with Crippen molar-refractivity contribution in [2.75, 3.05) is 0 Å². The van der Waals surface area contributed by atoms with Crippen LogP contribution >= 0.6 is 15.8 Å². The van der Waals surface area contributed by atoms with E-state index in [0.29, 0.717) is 11.3 Å². The van der Waals surface area contributed by atoms with E-state index in [4.69, 9.17) is 0 Å². The summed E-state index contributed by atoms with van der Waals surface area (Å²) in [5.74, 6) is 0. The first-order valence-corrected chi connectivity index (χ1v) is 17.1. The summed E-state index contributed by atoms with van der Waals surface area (Å²) in [5.41, 5.74) is 18.8. The molecule has 0 N–H and O–H groups in total. The SMILES string of the molecule is Cc1cc(C)cc(P(c2cc(C)cc(C)c2)[C@H](C)C2=C=C[CH-]C2P(c2ccccc2)c2ccccc2)c1.[C]1=C=C=C=[C-]1.[Fe+2]. The van der Waals surface area contributed by atoms with Gasteiger partial charge in [0.2, 0.25) is 0 Å².